The molecule has 7 nitrogen and oxygen atoms in total. The van der Waals surface area contributed by atoms with E-state index in [0.717, 1.165) is 19.3 Å². The summed E-state index contributed by atoms with van der Waals surface area (Å²) in [5.74, 6) is -0.813. The van der Waals surface area contributed by atoms with E-state index in [9.17, 15) is 14.9 Å². The number of hydrogen-bond acceptors (Lipinski definition) is 5. The van der Waals surface area contributed by atoms with Crippen molar-refractivity contribution in [3.05, 3.63) is 28.3 Å². The third-order valence-corrected chi connectivity index (χ3v) is 3.22. The Labute approximate surface area is 122 Å². The van der Waals surface area contributed by atoms with Crippen molar-refractivity contribution >= 4 is 17.3 Å². The summed E-state index contributed by atoms with van der Waals surface area (Å²) in [7, 11) is 0. The summed E-state index contributed by atoms with van der Waals surface area (Å²) in [5.41, 5.74) is 0.164. The van der Waals surface area contributed by atoms with Crippen molar-refractivity contribution in [2.45, 2.75) is 32.2 Å². The second-order valence-electron chi connectivity index (χ2n) is 4.98. The Morgan fingerprint density at radius 1 is 1.52 bits per heavy atom. The minimum absolute atomic E-state index is 0.0567. The number of hydrogen-bond donors (Lipinski definition) is 1. The lowest BCUT2D eigenvalue weighted by Gasteiger charge is -2.23. The molecule has 0 atom stereocenters. The van der Waals surface area contributed by atoms with Crippen molar-refractivity contribution < 1.29 is 19.6 Å². The highest BCUT2D eigenvalue weighted by Gasteiger charge is 2.35. The van der Waals surface area contributed by atoms with E-state index in [4.69, 9.17) is 9.84 Å². The number of aliphatic carboxylic acids is 1. The van der Waals surface area contributed by atoms with Crippen molar-refractivity contribution in [3.8, 4) is 5.75 Å². The molecule has 1 aromatic carbocycles. The zero-order valence-corrected chi connectivity index (χ0v) is 11.8. The van der Waals surface area contributed by atoms with Crippen molar-refractivity contribution in [2.24, 2.45) is 0 Å². The van der Waals surface area contributed by atoms with Crippen LogP contribution in [0, 0.1) is 10.1 Å². The largest absolute Gasteiger partial charge is 0.487 e. The normalized spacial score (nSPS) is 13.8. The number of rotatable bonds is 8. The monoisotopic (exact) mass is 294 g/mol. The average Bonchev–Trinajstić information content (AvgIpc) is 3.26. The van der Waals surface area contributed by atoms with Crippen LogP contribution >= 0.6 is 0 Å². The molecule has 1 aliphatic carbocycles. The number of anilines is 1. The topological polar surface area (TPSA) is 92.9 Å². The van der Waals surface area contributed by atoms with Gasteiger partial charge in [0, 0.05) is 6.04 Å². The van der Waals surface area contributed by atoms with Crippen LogP contribution in [0.4, 0.5) is 11.4 Å². The molecule has 21 heavy (non-hydrogen) atoms. The molecule has 0 saturated heterocycles. The molecular formula is C14H18N2O5. The van der Waals surface area contributed by atoms with Crippen LogP contribution in [0.5, 0.6) is 5.75 Å². The van der Waals surface area contributed by atoms with Gasteiger partial charge in [0.05, 0.1) is 11.5 Å². The van der Waals surface area contributed by atoms with E-state index >= 15 is 0 Å². The molecule has 1 N–H and O–H groups in total. The minimum Gasteiger partial charge on any atom is -0.487 e. The van der Waals surface area contributed by atoms with Gasteiger partial charge in [-0.3, -0.25) is 14.9 Å². The quantitative estimate of drug-likeness (QED) is 0.584. The molecule has 1 fully saturated rings. The fraction of sp³-hybridized carbons (Fsp3) is 0.500. The maximum Gasteiger partial charge on any atom is 0.333 e. The molecule has 1 aliphatic rings. The first-order valence-electron chi connectivity index (χ1n) is 6.93. The number of benzene rings is 1. The highest BCUT2D eigenvalue weighted by Crippen LogP contribution is 2.41. The summed E-state index contributed by atoms with van der Waals surface area (Å²) in [6.45, 7) is 2.05. The lowest BCUT2D eigenvalue weighted by atomic mass is 10.2. The second kappa shape index (κ2) is 6.43. The van der Waals surface area contributed by atoms with Crippen molar-refractivity contribution in [1.82, 2.24) is 0 Å². The van der Waals surface area contributed by atoms with Gasteiger partial charge in [-0.25, -0.2) is 0 Å². The van der Waals surface area contributed by atoms with E-state index in [1.807, 2.05) is 6.92 Å². The first-order chi connectivity index (χ1) is 10.0. The van der Waals surface area contributed by atoms with Crippen LogP contribution < -0.4 is 9.64 Å². The van der Waals surface area contributed by atoms with Gasteiger partial charge in [-0.1, -0.05) is 13.0 Å². The molecule has 0 heterocycles. The van der Waals surface area contributed by atoms with Gasteiger partial charge in [0.15, 0.2) is 5.75 Å². The second-order valence-corrected chi connectivity index (χ2v) is 4.98. The van der Waals surface area contributed by atoms with E-state index in [0.29, 0.717) is 12.3 Å². The summed E-state index contributed by atoms with van der Waals surface area (Å²) >= 11 is 0. The average molecular weight is 294 g/mol. The van der Waals surface area contributed by atoms with E-state index in [1.165, 1.54) is 0 Å². The molecule has 0 unspecified atom stereocenters. The van der Waals surface area contributed by atoms with Crippen LogP contribution in [-0.2, 0) is 4.79 Å². The molecule has 0 aliphatic heterocycles. The number of nitro benzene ring substituents is 1. The predicted molar refractivity (Wildman–Crippen MR) is 76.9 cm³/mol. The van der Waals surface area contributed by atoms with Crippen LogP contribution in [0.1, 0.15) is 26.2 Å². The first kappa shape index (κ1) is 15.1. The standard InChI is InChI=1S/C14H18N2O5/c1-2-8-21-12-5-3-4-11(14(12)16(19)20)15(9-13(17)18)10-6-7-10/h3-5,10H,2,6-9H2,1H3,(H,17,18). The highest BCUT2D eigenvalue weighted by atomic mass is 16.6. The Balaban J connectivity index is 2.40. The lowest BCUT2D eigenvalue weighted by Crippen LogP contribution is -2.32. The Hall–Kier alpha value is -2.31. The molecule has 1 saturated carbocycles. The zero-order valence-electron chi connectivity index (χ0n) is 11.8. The molecule has 0 amide bonds. The van der Waals surface area contributed by atoms with Crippen LogP contribution in [0.15, 0.2) is 18.2 Å². The van der Waals surface area contributed by atoms with Gasteiger partial charge in [0.2, 0.25) is 0 Å². The minimum atomic E-state index is -1.00. The summed E-state index contributed by atoms with van der Waals surface area (Å²) in [4.78, 5) is 23.5. The van der Waals surface area contributed by atoms with Crippen LogP contribution in [0.3, 0.4) is 0 Å². The molecule has 0 radical (unpaired) electrons. The third-order valence-electron chi connectivity index (χ3n) is 3.22. The number of carboxylic acids is 1. The highest BCUT2D eigenvalue weighted by molar-refractivity contribution is 5.78. The number of carboxylic acid groups (broad SMARTS) is 1. The molecule has 0 bridgehead atoms. The Bertz CT molecular complexity index is 542. The molecule has 7 heteroatoms. The molecule has 114 valence electrons. The van der Waals surface area contributed by atoms with E-state index in [2.05, 4.69) is 0 Å². The molecule has 1 aromatic rings. The summed E-state index contributed by atoms with van der Waals surface area (Å²) in [5, 5.41) is 20.4. The lowest BCUT2D eigenvalue weighted by molar-refractivity contribution is -0.385. The van der Waals surface area contributed by atoms with Crippen molar-refractivity contribution in [2.75, 3.05) is 18.1 Å². The smallest absolute Gasteiger partial charge is 0.333 e. The van der Waals surface area contributed by atoms with Gasteiger partial charge in [-0.15, -0.1) is 0 Å². The Kier molecular flexibility index (Phi) is 4.62. The van der Waals surface area contributed by atoms with Gasteiger partial charge in [-0.2, -0.15) is 0 Å². The number of nitrogens with zero attached hydrogens (tertiary/aromatic N) is 2. The summed E-state index contributed by atoms with van der Waals surface area (Å²) < 4.78 is 5.43. The molecule has 0 aromatic heterocycles. The summed E-state index contributed by atoms with van der Waals surface area (Å²) in [6, 6.07) is 4.84. The maximum absolute atomic E-state index is 11.4. The Morgan fingerprint density at radius 2 is 2.24 bits per heavy atom. The fourth-order valence-electron chi connectivity index (χ4n) is 2.20. The van der Waals surface area contributed by atoms with Crippen LogP contribution in [0.25, 0.3) is 0 Å². The fourth-order valence-corrected chi connectivity index (χ4v) is 2.20. The van der Waals surface area contributed by atoms with E-state index in [1.54, 1.807) is 23.1 Å². The van der Waals surface area contributed by atoms with Gasteiger partial charge in [-0.05, 0) is 31.4 Å². The van der Waals surface area contributed by atoms with Gasteiger partial charge < -0.3 is 14.7 Å². The number of nitro groups is 1. The van der Waals surface area contributed by atoms with Gasteiger partial charge in [0.25, 0.3) is 0 Å². The Morgan fingerprint density at radius 3 is 2.76 bits per heavy atom. The van der Waals surface area contributed by atoms with Gasteiger partial charge >= 0.3 is 11.7 Å². The molecule has 0 spiro atoms. The predicted octanol–water partition coefficient (Wildman–Crippen LogP) is 2.44. The maximum atomic E-state index is 11.4. The van der Waals surface area contributed by atoms with Gasteiger partial charge in [0.1, 0.15) is 12.2 Å². The summed E-state index contributed by atoms with van der Waals surface area (Å²) in [6.07, 6.45) is 2.44. The molecule has 2 rings (SSSR count). The number of carbonyl (C=O) groups is 1. The number of para-hydroxylation sites is 1. The SMILES string of the molecule is CCCOc1cccc(N(CC(=O)O)C2CC2)c1[N+](=O)[O-]. The van der Waals surface area contributed by atoms with Crippen LogP contribution in [-0.4, -0.2) is 35.2 Å². The van der Waals surface area contributed by atoms with E-state index < -0.39 is 10.9 Å². The first-order valence-corrected chi connectivity index (χ1v) is 6.93. The third kappa shape index (κ3) is 3.62. The number of ether oxygens (including phenoxy) is 1. The molecular weight excluding hydrogens is 276 g/mol. The van der Waals surface area contributed by atoms with Crippen molar-refractivity contribution in [1.29, 1.82) is 0 Å². The van der Waals surface area contributed by atoms with Crippen molar-refractivity contribution in [3.63, 3.8) is 0 Å². The zero-order chi connectivity index (χ0) is 15.4. The van der Waals surface area contributed by atoms with E-state index in [-0.39, 0.29) is 24.0 Å². The van der Waals surface area contributed by atoms with Crippen LogP contribution in [0.2, 0.25) is 0 Å².